The third-order valence-corrected chi connectivity index (χ3v) is 5.85. The van der Waals surface area contributed by atoms with E-state index < -0.39 is 0 Å². The van der Waals surface area contributed by atoms with E-state index in [1.807, 2.05) is 72.3 Å². The van der Waals surface area contributed by atoms with E-state index in [2.05, 4.69) is 24.4 Å². The summed E-state index contributed by atoms with van der Waals surface area (Å²) in [5.74, 6) is 1.21. The van der Waals surface area contributed by atoms with Crippen molar-refractivity contribution >= 4 is 11.7 Å². The van der Waals surface area contributed by atoms with Gasteiger partial charge in [-0.05, 0) is 80.1 Å². The van der Waals surface area contributed by atoms with Crippen LogP contribution in [0, 0.1) is 6.92 Å². The maximum Gasteiger partial charge on any atom is 0.310 e. The lowest BCUT2D eigenvalue weighted by molar-refractivity contribution is -0.142. The molecule has 3 aromatic carbocycles. The number of benzene rings is 3. The highest BCUT2D eigenvalue weighted by Gasteiger charge is 2.23. The molecule has 0 bridgehead atoms. The Morgan fingerprint density at radius 2 is 1.61 bits per heavy atom. The molecule has 0 saturated heterocycles. The highest BCUT2D eigenvalue weighted by molar-refractivity contribution is 5.78. The molecule has 4 rings (SSSR count). The number of hydrogen-bond acceptors (Lipinski definition) is 6. The largest absolute Gasteiger partial charge is 0.497 e. The summed E-state index contributed by atoms with van der Waals surface area (Å²) in [5, 5.41) is 8.44. The summed E-state index contributed by atoms with van der Waals surface area (Å²) in [6, 6.07) is 23.6. The molecule has 7 nitrogen and oxygen atoms in total. The molecule has 0 fully saturated rings. The standard InChI is InChI=1S/C29H31N3O4/c1-5-36-28(33)18-26-27(19-30-22-8-6-7-20(2)17-22)31-32(23-11-15-25(35-4)16-12-23)29(26)21-9-13-24(34-3)14-10-21/h6-17,30H,5,18-19H2,1-4H3. The fraction of sp³-hybridized carbons (Fsp3) is 0.241. The van der Waals surface area contributed by atoms with Gasteiger partial charge in [-0.15, -0.1) is 0 Å². The van der Waals surface area contributed by atoms with Gasteiger partial charge in [0.1, 0.15) is 11.5 Å². The van der Waals surface area contributed by atoms with E-state index in [-0.39, 0.29) is 12.4 Å². The number of hydrogen-bond donors (Lipinski definition) is 1. The number of carbonyl (C=O) groups excluding carboxylic acids is 1. The van der Waals surface area contributed by atoms with Crippen LogP contribution < -0.4 is 14.8 Å². The molecule has 0 unspecified atom stereocenters. The number of nitrogens with one attached hydrogen (secondary N) is 1. The summed E-state index contributed by atoms with van der Waals surface area (Å²) in [4.78, 5) is 12.7. The zero-order valence-electron chi connectivity index (χ0n) is 21.1. The summed E-state index contributed by atoms with van der Waals surface area (Å²) in [7, 11) is 3.27. The summed E-state index contributed by atoms with van der Waals surface area (Å²) in [5.41, 5.74) is 6.34. The van der Waals surface area contributed by atoms with Gasteiger partial charge in [-0.25, -0.2) is 4.68 Å². The van der Waals surface area contributed by atoms with Crippen LogP contribution in [0.15, 0.2) is 72.8 Å². The maximum absolute atomic E-state index is 12.7. The lowest BCUT2D eigenvalue weighted by Crippen LogP contribution is -2.11. The normalized spacial score (nSPS) is 10.7. The Labute approximate surface area is 211 Å². The third kappa shape index (κ3) is 5.68. The van der Waals surface area contributed by atoms with Gasteiger partial charge in [0.15, 0.2) is 0 Å². The van der Waals surface area contributed by atoms with Crippen molar-refractivity contribution in [2.75, 3.05) is 26.1 Å². The Kier molecular flexibility index (Phi) is 7.90. The Bertz CT molecular complexity index is 1310. The second-order valence-corrected chi connectivity index (χ2v) is 8.32. The van der Waals surface area contributed by atoms with E-state index in [1.54, 1.807) is 14.2 Å². The number of nitrogens with zero attached hydrogens (tertiary/aromatic N) is 2. The topological polar surface area (TPSA) is 74.6 Å². The predicted molar refractivity (Wildman–Crippen MR) is 141 cm³/mol. The molecule has 1 N–H and O–H groups in total. The molecule has 186 valence electrons. The van der Waals surface area contributed by atoms with Gasteiger partial charge in [-0.3, -0.25) is 4.79 Å². The van der Waals surface area contributed by atoms with Gasteiger partial charge in [0.05, 0.1) is 50.9 Å². The quantitative estimate of drug-likeness (QED) is 0.296. The zero-order valence-corrected chi connectivity index (χ0v) is 21.1. The SMILES string of the molecule is CCOC(=O)Cc1c(CNc2cccc(C)c2)nn(-c2ccc(OC)cc2)c1-c1ccc(OC)cc1. The van der Waals surface area contributed by atoms with Crippen LogP contribution in [-0.4, -0.2) is 36.6 Å². The lowest BCUT2D eigenvalue weighted by atomic mass is 10.0. The minimum atomic E-state index is -0.293. The summed E-state index contributed by atoms with van der Waals surface area (Å²) in [6.45, 7) is 4.63. The van der Waals surface area contributed by atoms with Gasteiger partial charge in [0.2, 0.25) is 0 Å². The fourth-order valence-electron chi connectivity index (χ4n) is 4.08. The first-order valence-corrected chi connectivity index (χ1v) is 11.9. The highest BCUT2D eigenvalue weighted by Crippen LogP contribution is 2.32. The van der Waals surface area contributed by atoms with E-state index >= 15 is 0 Å². The second-order valence-electron chi connectivity index (χ2n) is 8.32. The predicted octanol–water partition coefficient (Wildman–Crippen LogP) is 5.58. The monoisotopic (exact) mass is 485 g/mol. The van der Waals surface area contributed by atoms with Crippen molar-refractivity contribution < 1.29 is 19.0 Å². The van der Waals surface area contributed by atoms with E-state index in [9.17, 15) is 4.79 Å². The number of anilines is 1. The van der Waals surface area contributed by atoms with Crippen LogP contribution in [0.25, 0.3) is 16.9 Å². The second kappa shape index (κ2) is 11.4. The highest BCUT2D eigenvalue weighted by atomic mass is 16.5. The first-order valence-electron chi connectivity index (χ1n) is 11.9. The molecule has 0 aliphatic carbocycles. The van der Waals surface area contributed by atoms with Gasteiger partial charge in [-0.2, -0.15) is 5.10 Å². The molecule has 0 spiro atoms. The molecule has 0 aliphatic heterocycles. The first-order chi connectivity index (χ1) is 17.5. The number of rotatable bonds is 10. The number of carbonyl (C=O) groups is 1. The molecule has 0 saturated carbocycles. The van der Waals surface area contributed by atoms with Crippen LogP contribution in [-0.2, 0) is 22.5 Å². The Morgan fingerprint density at radius 3 is 2.22 bits per heavy atom. The van der Waals surface area contributed by atoms with Gasteiger partial charge in [0, 0.05) is 16.8 Å². The van der Waals surface area contributed by atoms with E-state index in [4.69, 9.17) is 19.3 Å². The molecule has 0 amide bonds. The van der Waals surface area contributed by atoms with Crippen molar-refractivity contribution in [3.05, 3.63) is 89.6 Å². The van der Waals surface area contributed by atoms with Crippen molar-refractivity contribution in [3.8, 4) is 28.4 Å². The molecular weight excluding hydrogens is 454 g/mol. The fourth-order valence-corrected chi connectivity index (χ4v) is 4.08. The van der Waals surface area contributed by atoms with Gasteiger partial charge >= 0.3 is 5.97 Å². The number of methoxy groups -OCH3 is 2. The van der Waals surface area contributed by atoms with E-state index in [0.29, 0.717) is 13.2 Å². The Balaban J connectivity index is 1.84. The van der Waals surface area contributed by atoms with Crippen molar-refractivity contribution in [3.63, 3.8) is 0 Å². The first kappa shape index (κ1) is 24.9. The zero-order chi connectivity index (χ0) is 25.5. The number of aryl methyl sites for hydroxylation is 1. The minimum Gasteiger partial charge on any atom is -0.497 e. The van der Waals surface area contributed by atoms with E-state index in [0.717, 1.165) is 51.0 Å². The number of esters is 1. The van der Waals surface area contributed by atoms with Crippen molar-refractivity contribution in [2.45, 2.75) is 26.8 Å². The van der Waals surface area contributed by atoms with E-state index in [1.165, 1.54) is 0 Å². The molecule has 0 aliphatic rings. The average Bonchev–Trinajstić information content (AvgIpc) is 3.25. The molecule has 36 heavy (non-hydrogen) atoms. The molecule has 7 heteroatoms. The average molecular weight is 486 g/mol. The van der Waals surface area contributed by atoms with Crippen LogP contribution in [0.5, 0.6) is 11.5 Å². The van der Waals surface area contributed by atoms with Crippen molar-refractivity contribution in [1.29, 1.82) is 0 Å². The van der Waals surface area contributed by atoms with Gasteiger partial charge in [-0.1, -0.05) is 12.1 Å². The molecule has 4 aromatic rings. The van der Waals surface area contributed by atoms with Crippen LogP contribution in [0.4, 0.5) is 5.69 Å². The molecular formula is C29H31N3O4. The molecule has 1 heterocycles. The van der Waals surface area contributed by atoms with Crippen molar-refractivity contribution in [2.24, 2.45) is 0 Å². The smallest absolute Gasteiger partial charge is 0.310 e. The molecule has 0 radical (unpaired) electrons. The van der Waals surface area contributed by atoms with Crippen LogP contribution in [0.2, 0.25) is 0 Å². The van der Waals surface area contributed by atoms with Crippen LogP contribution in [0.1, 0.15) is 23.7 Å². The molecule has 0 atom stereocenters. The molecule has 1 aromatic heterocycles. The minimum absolute atomic E-state index is 0.107. The summed E-state index contributed by atoms with van der Waals surface area (Å²) < 4.78 is 17.9. The van der Waals surface area contributed by atoms with Gasteiger partial charge in [0.25, 0.3) is 0 Å². The van der Waals surface area contributed by atoms with Crippen molar-refractivity contribution in [1.82, 2.24) is 9.78 Å². The summed E-state index contributed by atoms with van der Waals surface area (Å²) in [6.07, 6.45) is 0.107. The summed E-state index contributed by atoms with van der Waals surface area (Å²) >= 11 is 0. The number of ether oxygens (including phenoxy) is 3. The Hall–Kier alpha value is -4.26. The third-order valence-electron chi connectivity index (χ3n) is 5.85. The number of aromatic nitrogens is 2. The van der Waals surface area contributed by atoms with Crippen LogP contribution >= 0.6 is 0 Å². The Morgan fingerprint density at radius 1 is 0.944 bits per heavy atom. The lowest BCUT2D eigenvalue weighted by Gasteiger charge is -2.12. The maximum atomic E-state index is 12.7. The van der Waals surface area contributed by atoms with Crippen LogP contribution in [0.3, 0.4) is 0 Å². The van der Waals surface area contributed by atoms with Gasteiger partial charge < -0.3 is 19.5 Å².